The zero-order valence-electron chi connectivity index (χ0n) is 10.4. The van der Waals surface area contributed by atoms with Crippen molar-refractivity contribution in [2.24, 2.45) is 0 Å². The maximum atomic E-state index is 5.35. The van der Waals surface area contributed by atoms with E-state index in [-0.39, 0.29) is 0 Å². The largest absolute Gasteiger partial charge is 0.339 e. The summed E-state index contributed by atoms with van der Waals surface area (Å²) >= 11 is 0. The van der Waals surface area contributed by atoms with Crippen molar-refractivity contribution in [2.45, 2.75) is 32.2 Å². The molecule has 0 amide bonds. The Bertz CT molecular complexity index is 553. The predicted molar refractivity (Wildman–Crippen MR) is 64.9 cm³/mol. The normalized spacial score (nSPS) is 23.4. The summed E-state index contributed by atoms with van der Waals surface area (Å²) < 4.78 is 5.35. The van der Waals surface area contributed by atoms with Gasteiger partial charge in [0, 0.05) is 12.2 Å². The van der Waals surface area contributed by atoms with Crippen molar-refractivity contribution in [3.05, 3.63) is 24.0 Å². The molecule has 1 fully saturated rings. The minimum absolute atomic E-state index is 0.300. The minimum Gasteiger partial charge on any atom is -0.339 e. The molecule has 3 heterocycles. The first-order chi connectivity index (χ1) is 8.74. The maximum absolute atomic E-state index is 5.35. The molecule has 0 aromatic carbocycles. The Morgan fingerprint density at radius 3 is 3.00 bits per heavy atom. The van der Waals surface area contributed by atoms with Crippen LogP contribution in [0.5, 0.6) is 0 Å². The molecule has 2 unspecified atom stereocenters. The van der Waals surface area contributed by atoms with Crippen molar-refractivity contribution < 1.29 is 4.52 Å². The lowest BCUT2D eigenvalue weighted by molar-refractivity contribution is 0.345. The van der Waals surface area contributed by atoms with Gasteiger partial charge >= 0.3 is 0 Å². The van der Waals surface area contributed by atoms with E-state index >= 15 is 0 Å². The Kier molecular flexibility index (Phi) is 2.79. The van der Waals surface area contributed by atoms with Gasteiger partial charge in [-0.2, -0.15) is 4.98 Å². The zero-order valence-corrected chi connectivity index (χ0v) is 10.4. The highest BCUT2D eigenvalue weighted by atomic mass is 16.5. The van der Waals surface area contributed by atoms with E-state index in [1.165, 1.54) is 0 Å². The van der Waals surface area contributed by atoms with E-state index in [1.807, 2.05) is 6.92 Å². The van der Waals surface area contributed by atoms with Crippen LogP contribution >= 0.6 is 0 Å². The van der Waals surface area contributed by atoms with Gasteiger partial charge in [-0.15, -0.1) is 0 Å². The van der Waals surface area contributed by atoms with E-state index in [0.717, 1.165) is 13.0 Å². The highest BCUT2D eigenvalue weighted by molar-refractivity contribution is 5.47. The van der Waals surface area contributed by atoms with Crippen molar-refractivity contribution in [3.8, 4) is 11.5 Å². The van der Waals surface area contributed by atoms with Gasteiger partial charge in [0.05, 0.1) is 5.92 Å². The van der Waals surface area contributed by atoms with Gasteiger partial charge in [0.25, 0.3) is 0 Å². The average molecular weight is 245 g/mol. The lowest BCUT2D eigenvalue weighted by atomic mass is 10.0. The van der Waals surface area contributed by atoms with Crippen LogP contribution < -0.4 is 5.32 Å². The van der Waals surface area contributed by atoms with Crippen LogP contribution in [-0.2, 0) is 0 Å². The molecule has 0 radical (unpaired) electrons. The first kappa shape index (κ1) is 11.3. The summed E-state index contributed by atoms with van der Waals surface area (Å²) in [5.41, 5.74) is 0.705. The van der Waals surface area contributed by atoms with Gasteiger partial charge in [-0.05, 0) is 32.9 Å². The van der Waals surface area contributed by atoms with E-state index in [4.69, 9.17) is 4.52 Å². The second-order valence-electron chi connectivity index (χ2n) is 4.58. The third-order valence-corrected chi connectivity index (χ3v) is 3.29. The molecule has 1 saturated heterocycles. The van der Waals surface area contributed by atoms with E-state index < -0.39 is 0 Å². The van der Waals surface area contributed by atoms with Crippen LogP contribution in [0.2, 0.25) is 0 Å². The van der Waals surface area contributed by atoms with Gasteiger partial charge in [-0.25, -0.2) is 9.97 Å². The highest BCUT2D eigenvalue weighted by Crippen LogP contribution is 2.27. The maximum Gasteiger partial charge on any atom is 0.231 e. The van der Waals surface area contributed by atoms with Crippen LogP contribution in [0, 0.1) is 6.92 Å². The second-order valence-corrected chi connectivity index (χ2v) is 4.58. The smallest absolute Gasteiger partial charge is 0.231 e. The van der Waals surface area contributed by atoms with Crippen LogP contribution in [0.3, 0.4) is 0 Å². The molecule has 2 atom stereocenters. The van der Waals surface area contributed by atoms with E-state index in [1.54, 1.807) is 12.3 Å². The first-order valence-corrected chi connectivity index (χ1v) is 6.11. The van der Waals surface area contributed by atoms with Crippen molar-refractivity contribution in [1.29, 1.82) is 0 Å². The average Bonchev–Trinajstić information content (AvgIpc) is 2.97. The molecular formula is C12H15N5O. The molecule has 6 heteroatoms. The Morgan fingerprint density at radius 2 is 2.28 bits per heavy atom. The van der Waals surface area contributed by atoms with E-state index in [9.17, 15) is 0 Å². The van der Waals surface area contributed by atoms with Crippen LogP contribution in [-0.4, -0.2) is 32.7 Å². The molecule has 18 heavy (non-hydrogen) atoms. The summed E-state index contributed by atoms with van der Waals surface area (Å²) in [5.74, 6) is 2.23. The minimum atomic E-state index is 0.300. The molecule has 3 rings (SSSR count). The topological polar surface area (TPSA) is 76.7 Å². The SMILES string of the molecule is Cc1nccc(-c2noc(C3CCNC3C)n2)n1. The molecule has 0 bridgehead atoms. The van der Waals surface area contributed by atoms with Gasteiger partial charge < -0.3 is 9.84 Å². The zero-order chi connectivity index (χ0) is 12.5. The lowest BCUT2D eigenvalue weighted by Gasteiger charge is -2.08. The van der Waals surface area contributed by atoms with Crippen LogP contribution in [0.4, 0.5) is 0 Å². The Balaban J connectivity index is 1.89. The molecule has 0 spiro atoms. The molecular weight excluding hydrogens is 230 g/mol. The summed E-state index contributed by atoms with van der Waals surface area (Å²) in [6.07, 6.45) is 2.74. The number of aryl methyl sites for hydroxylation is 1. The number of aromatic nitrogens is 4. The third kappa shape index (κ3) is 1.99. The van der Waals surface area contributed by atoms with Gasteiger partial charge in [-0.1, -0.05) is 5.16 Å². The molecule has 6 nitrogen and oxygen atoms in total. The van der Waals surface area contributed by atoms with Crippen molar-refractivity contribution in [2.75, 3.05) is 6.54 Å². The monoisotopic (exact) mass is 245 g/mol. The summed E-state index contributed by atoms with van der Waals surface area (Å²) in [5, 5.41) is 7.38. The molecule has 1 N–H and O–H groups in total. The van der Waals surface area contributed by atoms with Gasteiger partial charge in [-0.3, -0.25) is 0 Å². The Labute approximate surface area is 105 Å². The highest BCUT2D eigenvalue weighted by Gasteiger charge is 2.29. The number of rotatable bonds is 2. The fraction of sp³-hybridized carbons (Fsp3) is 0.500. The van der Waals surface area contributed by atoms with E-state index in [0.29, 0.717) is 35.2 Å². The molecule has 0 aliphatic carbocycles. The number of nitrogens with one attached hydrogen (secondary N) is 1. The van der Waals surface area contributed by atoms with Crippen LogP contribution in [0.1, 0.15) is 31.0 Å². The summed E-state index contributed by atoms with van der Waals surface area (Å²) in [7, 11) is 0. The number of hydrogen-bond donors (Lipinski definition) is 1. The van der Waals surface area contributed by atoms with Crippen LogP contribution in [0.15, 0.2) is 16.8 Å². The molecule has 94 valence electrons. The number of nitrogens with zero attached hydrogens (tertiary/aromatic N) is 4. The standard InChI is InChI=1S/C12H15N5O/c1-7-9(3-5-13-7)12-16-11(17-18-12)10-4-6-14-8(2)15-10/h4,6-7,9,13H,3,5H2,1-2H3. The summed E-state index contributed by atoms with van der Waals surface area (Å²) in [4.78, 5) is 12.8. The van der Waals surface area contributed by atoms with Gasteiger partial charge in [0.1, 0.15) is 11.5 Å². The molecule has 2 aromatic heterocycles. The predicted octanol–water partition coefficient (Wildman–Crippen LogP) is 1.30. The third-order valence-electron chi connectivity index (χ3n) is 3.29. The fourth-order valence-electron chi connectivity index (χ4n) is 2.27. The summed E-state index contributed by atoms with van der Waals surface area (Å²) in [6, 6.07) is 2.17. The van der Waals surface area contributed by atoms with Crippen molar-refractivity contribution in [1.82, 2.24) is 25.4 Å². The molecule has 2 aromatic rings. The second kappa shape index (κ2) is 4.45. The molecule has 1 aliphatic rings. The fourth-order valence-corrected chi connectivity index (χ4v) is 2.27. The van der Waals surface area contributed by atoms with Crippen molar-refractivity contribution >= 4 is 0 Å². The lowest BCUT2D eigenvalue weighted by Crippen LogP contribution is -2.21. The molecule has 0 saturated carbocycles. The first-order valence-electron chi connectivity index (χ1n) is 6.11. The van der Waals surface area contributed by atoms with Crippen molar-refractivity contribution in [3.63, 3.8) is 0 Å². The number of hydrogen-bond acceptors (Lipinski definition) is 6. The van der Waals surface area contributed by atoms with Crippen LogP contribution in [0.25, 0.3) is 11.5 Å². The Morgan fingerprint density at radius 1 is 1.39 bits per heavy atom. The summed E-state index contributed by atoms with van der Waals surface area (Å²) in [6.45, 7) is 4.97. The van der Waals surface area contributed by atoms with Gasteiger partial charge in [0.2, 0.25) is 11.7 Å². The van der Waals surface area contributed by atoms with E-state index in [2.05, 4.69) is 32.3 Å². The Hall–Kier alpha value is -1.82. The quantitative estimate of drug-likeness (QED) is 0.859. The van der Waals surface area contributed by atoms with Gasteiger partial charge in [0.15, 0.2) is 0 Å². The molecule has 1 aliphatic heterocycles.